The van der Waals surface area contributed by atoms with E-state index in [9.17, 15) is 0 Å². The van der Waals surface area contributed by atoms with Crippen LogP contribution in [0.25, 0.3) is 16.8 Å². The van der Waals surface area contributed by atoms with Crippen LogP contribution in [0.4, 0.5) is 17.3 Å². The number of ether oxygens (including phenoxy) is 2. The molecule has 0 atom stereocenters. The number of fused-ring (bicyclic) bond motifs is 4. The molecular formula is C27H31N9O2. The summed E-state index contributed by atoms with van der Waals surface area (Å²) in [4.78, 5) is 18.5. The fourth-order valence-corrected chi connectivity index (χ4v) is 4.81. The molecule has 0 spiro atoms. The maximum atomic E-state index is 6.45. The Bertz CT molecular complexity index is 1500. The minimum Gasteiger partial charge on any atom is -0.481 e. The Labute approximate surface area is 221 Å². The van der Waals surface area contributed by atoms with Crippen molar-refractivity contribution in [1.82, 2.24) is 34.8 Å². The lowest BCUT2D eigenvalue weighted by Gasteiger charge is -2.34. The van der Waals surface area contributed by atoms with E-state index in [1.807, 2.05) is 51.2 Å². The molecule has 0 saturated carbocycles. The van der Waals surface area contributed by atoms with Crippen molar-refractivity contribution in [1.29, 1.82) is 0 Å². The number of hydrogen-bond donors (Lipinski definition) is 1. The summed E-state index contributed by atoms with van der Waals surface area (Å²) in [6.45, 7) is 9.29. The number of benzene rings is 1. The van der Waals surface area contributed by atoms with E-state index in [2.05, 4.69) is 49.5 Å². The van der Waals surface area contributed by atoms with Crippen molar-refractivity contribution in [3.05, 3.63) is 54.2 Å². The zero-order valence-corrected chi connectivity index (χ0v) is 22.3. The molecule has 5 heterocycles. The van der Waals surface area contributed by atoms with Gasteiger partial charge in [-0.1, -0.05) is 5.21 Å². The maximum Gasteiger partial charge on any atom is 0.237 e. The van der Waals surface area contributed by atoms with Crippen LogP contribution in [-0.2, 0) is 5.60 Å². The molecule has 11 nitrogen and oxygen atoms in total. The Hall–Kier alpha value is -4.25. The van der Waals surface area contributed by atoms with Crippen LogP contribution in [0.1, 0.15) is 25.2 Å². The Balaban J connectivity index is 1.30. The molecule has 196 valence electrons. The SMILES string of the molecule is Cc1cnnn1-c1ccc2c(c1)OC(C)(C)c1nc(Nc3cnc4c(c3)N(CCN(C)C)CCO4)ncc1-2. The summed E-state index contributed by atoms with van der Waals surface area (Å²) in [5.41, 5.74) is 5.64. The lowest BCUT2D eigenvalue weighted by atomic mass is 9.91. The number of anilines is 3. The van der Waals surface area contributed by atoms with Crippen LogP contribution in [0.3, 0.4) is 0 Å². The third kappa shape index (κ3) is 4.38. The van der Waals surface area contributed by atoms with Gasteiger partial charge in [-0.05, 0) is 53.1 Å². The van der Waals surface area contributed by atoms with Gasteiger partial charge >= 0.3 is 0 Å². The van der Waals surface area contributed by atoms with Gasteiger partial charge in [-0.15, -0.1) is 5.10 Å². The van der Waals surface area contributed by atoms with Crippen molar-refractivity contribution in [3.63, 3.8) is 0 Å². The summed E-state index contributed by atoms with van der Waals surface area (Å²) in [7, 11) is 4.15. The Morgan fingerprint density at radius 2 is 1.95 bits per heavy atom. The van der Waals surface area contributed by atoms with Crippen molar-refractivity contribution >= 4 is 17.3 Å². The fraction of sp³-hybridized carbons (Fsp3) is 0.370. The number of nitrogens with zero attached hydrogens (tertiary/aromatic N) is 8. The third-order valence-electron chi connectivity index (χ3n) is 6.79. The maximum absolute atomic E-state index is 6.45. The second-order valence-electron chi connectivity index (χ2n) is 10.3. The number of rotatable bonds is 6. The zero-order valence-electron chi connectivity index (χ0n) is 22.3. The minimum atomic E-state index is -0.664. The summed E-state index contributed by atoms with van der Waals surface area (Å²) >= 11 is 0. The molecule has 1 aromatic carbocycles. The summed E-state index contributed by atoms with van der Waals surface area (Å²) < 4.78 is 14.0. The Kier molecular flexibility index (Phi) is 5.87. The summed E-state index contributed by atoms with van der Waals surface area (Å²) in [5.74, 6) is 1.89. The quantitative estimate of drug-likeness (QED) is 0.411. The van der Waals surface area contributed by atoms with Gasteiger partial charge in [0.2, 0.25) is 11.8 Å². The highest BCUT2D eigenvalue weighted by atomic mass is 16.5. The normalized spacial score (nSPS) is 15.3. The first-order valence-electron chi connectivity index (χ1n) is 12.7. The first kappa shape index (κ1) is 24.1. The lowest BCUT2D eigenvalue weighted by molar-refractivity contribution is 0.101. The van der Waals surface area contributed by atoms with E-state index in [0.717, 1.165) is 65.0 Å². The molecular weight excluding hydrogens is 482 g/mol. The van der Waals surface area contributed by atoms with E-state index < -0.39 is 5.60 Å². The van der Waals surface area contributed by atoms with Gasteiger partial charge in [0.1, 0.15) is 23.6 Å². The molecule has 0 amide bonds. The second kappa shape index (κ2) is 9.25. The monoisotopic (exact) mass is 513 g/mol. The lowest BCUT2D eigenvalue weighted by Crippen LogP contribution is -2.37. The molecule has 2 aliphatic heterocycles. The topological polar surface area (TPSA) is 106 Å². The van der Waals surface area contributed by atoms with Crippen LogP contribution < -0.4 is 19.7 Å². The van der Waals surface area contributed by atoms with Crippen LogP contribution in [0.2, 0.25) is 0 Å². The predicted molar refractivity (Wildman–Crippen MR) is 145 cm³/mol. The van der Waals surface area contributed by atoms with E-state index in [-0.39, 0.29) is 0 Å². The Morgan fingerprint density at radius 3 is 2.74 bits per heavy atom. The summed E-state index contributed by atoms with van der Waals surface area (Å²) in [5, 5.41) is 11.5. The van der Waals surface area contributed by atoms with Crippen molar-refractivity contribution in [2.24, 2.45) is 0 Å². The smallest absolute Gasteiger partial charge is 0.237 e. The molecule has 11 heteroatoms. The number of hydrogen-bond acceptors (Lipinski definition) is 10. The number of pyridine rings is 1. The average Bonchev–Trinajstić information content (AvgIpc) is 3.32. The number of aryl methyl sites for hydroxylation is 1. The van der Waals surface area contributed by atoms with Crippen LogP contribution in [0, 0.1) is 6.92 Å². The molecule has 0 aliphatic carbocycles. The van der Waals surface area contributed by atoms with Gasteiger partial charge in [0.25, 0.3) is 0 Å². The molecule has 38 heavy (non-hydrogen) atoms. The van der Waals surface area contributed by atoms with Gasteiger partial charge in [-0.25, -0.2) is 19.6 Å². The highest BCUT2D eigenvalue weighted by molar-refractivity contribution is 5.77. The van der Waals surface area contributed by atoms with Crippen LogP contribution >= 0.6 is 0 Å². The summed E-state index contributed by atoms with van der Waals surface area (Å²) in [6.07, 6.45) is 5.34. The molecule has 6 rings (SSSR count). The third-order valence-corrected chi connectivity index (χ3v) is 6.79. The fourth-order valence-electron chi connectivity index (χ4n) is 4.81. The van der Waals surface area contributed by atoms with E-state index in [0.29, 0.717) is 18.4 Å². The second-order valence-corrected chi connectivity index (χ2v) is 10.3. The van der Waals surface area contributed by atoms with Crippen molar-refractivity contribution in [2.75, 3.05) is 50.6 Å². The van der Waals surface area contributed by atoms with Crippen molar-refractivity contribution in [3.8, 4) is 28.4 Å². The van der Waals surface area contributed by atoms with Gasteiger partial charge in [0.15, 0.2) is 0 Å². The molecule has 0 unspecified atom stereocenters. The van der Waals surface area contributed by atoms with Crippen LogP contribution in [-0.4, -0.2) is 75.2 Å². The standard InChI is InChI=1S/C27H31N9O2/c1-17-14-30-33-36(17)19-6-7-20-21-16-29-26(32-24(21)27(2,3)38-23(20)13-19)31-18-12-22-25(28-15-18)37-11-10-35(22)9-8-34(4)5/h6-7,12-16H,8-11H2,1-5H3,(H,29,31,32). The largest absolute Gasteiger partial charge is 0.481 e. The molecule has 0 fully saturated rings. The molecule has 2 aliphatic rings. The van der Waals surface area contributed by atoms with Gasteiger partial charge in [0, 0.05) is 36.5 Å². The minimum absolute atomic E-state index is 0.483. The number of nitrogens with one attached hydrogen (secondary N) is 1. The van der Waals surface area contributed by atoms with Gasteiger partial charge in [-0.3, -0.25) is 0 Å². The van der Waals surface area contributed by atoms with E-state index in [1.165, 1.54) is 0 Å². The van der Waals surface area contributed by atoms with Crippen molar-refractivity contribution < 1.29 is 9.47 Å². The van der Waals surface area contributed by atoms with E-state index >= 15 is 0 Å². The summed E-state index contributed by atoms with van der Waals surface area (Å²) in [6, 6.07) is 8.05. The van der Waals surface area contributed by atoms with Crippen molar-refractivity contribution in [2.45, 2.75) is 26.4 Å². The molecule has 0 radical (unpaired) electrons. The predicted octanol–water partition coefficient (Wildman–Crippen LogP) is 3.56. The first-order valence-corrected chi connectivity index (χ1v) is 12.7. The molecule has 1 N–H and O–H groups in total. The first-order chi connectivity index (χ1) is 18.3. The average molecular weight is 514 g/mol. The van der Waals surface area contributed by atoms with E-state index in [1.54, 1.807) is 17.1 Å². The van der Waals surface area contributed by atoms with Gasteiger partial charge < -0.3 is 24.6 Å². The molecule has 0 bridgehead atoms. The van der Waals surface area contributed by atoms with Gasteiger partial charge in [-0.2, -0.15) is 0 Å². The highest BCUT2D eigenvalue weighted by Crippen LogP contribution is 2.45. The number of aromatic nitrogens is 6. The molecule has 4 aromatic rings. The van der Waals surface area contributed by atoms with E-state index in [4.69, 9.17) is 14.5 Å². The highest BCUT2D eigenvalue weighted by Gasteiger charge is 2.35. The molecule has 0 saturated heterocycles. The molecule has 3 aromatic heterocycles. The number of likely N-dealkylation sites (N-methyl/N-ethyl adjacent to an activating group) is 1. The Morgan fingerprint density at radius 1 is 1.08 bits per heavy atom. The van der Waals surface area contributed by atoms with Gasteiger partial charge in [0.05, 0.1) is 41.7 Å². The van der Waals surface area contributed by atoms with Crippen LogP contribution in [0.5, 0.6) is 11.6 Å². The zero-order chi connectivity index (χ0) is 26.4. The van der Waals surface area contributed by atoms with Crippen LogP contribution in [0.15, 0.2) is 42.9 Å².